The molecule has 0 aliphatic carbocycles. The second-order valence-electron chi connectivity index (χ2n) is 5.03. The quantitative estimate of drug-likeness (QED) is 0.832. The number of hydrogen-bond acceptors (Lipinski definition) is 1. The Morgan fingerprint density at radius 2 is 1.85 bits per heavy atom. The van der Waals surface area contributed by atoms with Crippen molar-refractivity contribution in [2.75, 3.05) is 6.54 Å². The molecule has 1 aromatic rings. The Bertz CT molecular complexity index is 426. The molecule has 1 aromatic carbocycles. The number of amides is 1. The minimum atomic E-state index is -4.37. The van der Waals surface area contributed by atoms with Crippen LogP contribution in [0.4, 0.5) is 13.2 Å². The highest BCUT2D eigenvalue weighted by Crippen LogP contribution is 2.29. The van der Waals surface area contributed by atoms with E-state index in [1.807, 2.05) is 6.92 Å². The molecule has 0 aliphatic heterocycles. The average molecular weight is 287 g/mol. The summed E-state index contributed by atoms with van der Waals surface area (Å²) in [5.41, 5.74) is -0.494. The minimum Gasteiger partial charge on any atom is -0.352 e. The van der Waals surface area contributed by atoms with Gasteiger partial charge >= 0.3 is 6.18 Å². The predicted molar refractivity (Wildman–Crippen MR) is 72.5 cm³/mol. The molecule has 1 atom stereocenters. The summed E-state index contributed by atoms with van der Waals surface area (Å²) in [6.07, 6.45) is -1.12. The fourth-order valence-electron chi connectivity index (χ4n) is 1.83. The first kappa shape index (κ1) is 16.5. The molecule has 0 saturated heterocycles. The number of hydrogen-bond donors (Lipinski definition) is 1. The molecule has 0 saturated carbocycles. The number of rotatable bonds is 6. The standard InChI is InChI=1S/C15H20F3NO/c1-3-4-5-11(2)10-19-14(20)12-6-8-13(9-7-12)15(16,17)18/h6-9,11H,3-5,10H2,1-2H3,(H,19,20)/t11-/m0/s1. The number of benzene rings is 1. The molecule has 1 N–H and O–H groups in total. The number of alkyl halides is 3. The van der Waals surface area contributed by atoms with Gasteiger partial charge in [0.1, 0.15) is 0 Å². The van der Waals surface area contributed by atoms with Crippen LogP contribution >= 0.6 is 0 Å². The Balaban J connectivity index is 2.52. The van der Waals surface area contributed by atoms with Gasteiger partial charge in [0.05, 0.1) is 5.56 Å². The van der Waals surface area contributed by atoms with Crippen LogP contribution in [0.2, 0.25) is 0 Å². The van der Waals surface area contributed by atoms with Gasteiger partial charge in [0.15, 0.2) is 0 Å². The average Bonchev–Trinajstić information content (AvgIpc) is 2.41. The van der Waals surface area contributed by atoms with Crippen molar-refractivity contribution in [3.05, 3.63) is 35.4 Å². The van der Waals surface area contributed by atoms with E-state index in [2.05, 4.69) is 12.2 Å². The zero-order chi connectivity index (χ0) is 15.2. The number of nitrogens with one attached hydrogen (secondary N) is 1. The van der Waals surface area contributed by atoms with E-state index in [4.69, 9.17) is 0 Å². The molecular weight excluding hydrogens is 267 g/mol. The molecule has 1 amide bonds. The summed E-state index contributed by atoms with van der Waals surface area (Å²) in [5, 5.41) is 2.75. The molecule has 2 nitrogen and oxygen atoms in total. The van der Waals surface area contributed by atoms with E-state index in [-0.39, 0.29) is 11.5 Å². The van der Waals surface area contributed by atoms with Crippen LogP contribution in [0.15, 0.2) is 24.3 Å². The van der Waals surface area contributed by atoms with Gasteiger partial charge in [-0.3, -0.25) is 4.79 Å². The lowest BCUT2D eigenvalue weighted by Gasteiger charge is -2.12. The highest BCUT2D eigenvalue weighted by atomic mass is 19.4. The summed E-state index contributed by atoms with van der Waals surface area (Å²) in [6.45, 7) is 4.69. The van der Waals surface area contributed by atoms with Crippen molar-refractivity contribution >= 4 is 5.91 Å². The van der Waals surface area contributed by atoms with Crippen LogP contribution < -0.4 is 5.32 Å². The maximum Gasteiger partial charge on any atom is 0.416 e. The van der Waals surface area contributed by atoms with Crippen LogP contribution in [-0.4, -0.2) is 12.5 Å². The lowest BCUT2D eigenvalue weighted by molar-refractivity contribution is -0.137. The van der Waals surface area contributed by atoms with Gasteiger partial charge in [0.25, 0.3) is 5.91 Å². The van der Waals surface area contributed by atoms with E-state index < -0.39 is 11.7 Å². The number of carbonyl (C=O) groups is 1. The van der Waals surface area contributed by atoms with Crippen molar-refractivity contribution in [2.24, 2.45) is 5.92 Å². The zero-order valence-corrected chi connectivity index (χ0v) is 11.8. The van der Waals surface area contributed by atoms with E-state index in [0.29, 0.717) is 12.5 Å². The van der Waals surface area contributed by atoms with E-state index in [0.717, 1.165) is 31.4 Å². The fraction of sp³-hybridized carbons (Fsp3) is 0.533. The first-order valence-electron chi connectivity index (χ1n) is 6.80. The molecule has 0 fully saturated rings. The number of carbonyl (C=O) groups excluding carboxylic acids is 1. The Hall–Kier alpha value is -1.52. The SMILES string of the molecule is CCCC[C@H](C)CNC(=O)c1ccc(C(F)(F)F)cc1. The van der Waals surface area contributed by atoms with E-state index >= 15 is 0 Å². The van der Waals surface area contributed by atoms with Gasteiger partial charge in [-0.2, -0.15) is 13.2 Å². The van der Waals surface area contributed by atoms with E-state index in [1.165, 1.54) is 12.1 Å². The Morgan fingerprint density at radius 1 is 1.25 bits per heavy atom. The normalized spacial score (nSPS) is 13.1. The van der Waals surface area contributed by atoms with Gasteiger partial charge in [-0.15, -0.1) is 0 Å². The van der Waals surface area contributed by atoms with Gasteiger partial charge in [-0.25, -0.2) is 0 Å². The Kier molecular flexibility index (Phi) is 6.05. The fourth-order valence-corrected chi connectivity index (χ4v) is 1.83. The molecule has 0 spiro atoms. The monoisotopic (exact) mass is 287 g/mol. The van der Waals surface area contributed by atoms with Crippen LogP contribution in [0.25, 0.3) is 0 Å². The lowest BCUT2D eigenvalue weighted by atomic mass is 10.0. The molecule has 0 aromatic heterocycles. The Morgan fingerprint density at radius 3 is 2.35 bits per heavy atom. The van der Waals surface area contributed by atoms with Crippen LogP contribution in [0.3, 0.4) is 0 Å². The summed E-state index contributed by atoms with van der Waals surface area (Å²) in [7, 11) is 0. The predicted octanol–water partition coefficient (Wildman–Crippen LogP) is 4.26. The summed E-state index contributed by atoms with van der Waals surface area (Å²) < 4.78 is 37.2. The summed E-state index contributed by atoms with van der Waals surface area (Å²) in [5.74, 6) is 0.0374. The highest BCUT2D eigenvalue weighted by molar-refractivity contribution is 5.94. The van der Waals surface area contributed by atoms with Crippen molar-refractivity contribution in [1.82, 2.24) is 5.32 Å². The van der Waals surface area contributed by atoms with Crippen LogP contribution in [0.5, 0.6) is 0 Å². The molecule has 5 heteroatoms. The third-order valence-electron chi connectivity index (χ3n) is 3.14. The van der Waals surface area contributed by atoms with Crippen molar-refractivity contribution in [1.29, 1.82) is 0 Å². The first-order valence-corrected chi connectivity index (χ1v) is 6.80. The smallest absolute Gasteiger partial charge is 0.352 e. The lowest BCUT2D eigenvalue weighted by Crippen LogP contribution is -2.28. The second kappa shape index (κ2) is 7.31. The van der Waals surface area contributed by atoms with Gasteiger partial charge in [-0.05, 0) is 36.6 Å². The van der Waals surface area contributed by atoms with Gasteiger partial charge < -0.3 is 5.32 Å². The molecule has 0 heterocycles. The molecular formula is C15H20F3NO. The summed E-state index contributed by atoms with van der Waals surface area (Å²) >= 11 is 0. The highest BCUT2D eigenvalue weighted by Gasteiger charge is 2.30. The second-order valence-corrected chi connectivity index (χ2v) is 5.03. The molecule has 1 rings (SSSR count). The molecule has 112 valence electrons. The van der Waals surface area contributed by atoms with Crippen molar-refractivity contribution in [3.63, 3.8) is 0 Å². The van der Waals surface area contributed by atoms with Crippen LogP contribution in [0.1, 0.15) is 49.0 Å². The third-order valence-corrected chi connectivity index (χ3v) is 3.14. The van der Waals surface area contributed by atoms with E-state index in [9.17, 15) is 18.0 Å². The number of halogens is 3. The zero-order valence-electron chi connectivity index (χ0n) is 11.8. The van der Waals surface area contributed by atoms with E-state index in [1.54, 1.807) is 0 Å². The topological polar surface area (TPSA) is 29.1 Å². The van der Waals surface area contributed by atoms with Crippen molar-refractivity contribution in [2.45, 2.75) is 39.3 Å². The summed E-state index contributed by atoms with van der Waals surface area (Å²) in [6, 6.07) is 4.26. The third kappa shape index (κ3) is 5.23. The molecule has 0 radical (unpaired) electrons. The largest absolute Gasteiger partial charge is 0.416 e. The molecule has 0 aliphatic rings. The molecule has 0 bridgehead atoms. The Labute approximate surface area is 117 Å². The summed E-state index contributed by atoms with van der Waals surface area (Å²) in [4.78, 5) is 11.8. The van der Waals surface area contributed by atoms with Gasteiger partial charge in [0, 0.05) is 12.1 Å². The van der Waals surface area contributed by atoms with Gasteiger partial charge in [0.2, 0.25) is 0 Å². The van der Waals surface area contributed by atoms with Crippen molar-refractivity contribution in [3.8, 4) is 0 Å². The van der Waals surface area contributed by atoms with Crippen molar-refractivity contribution < 1.29 is 18.0 Å². The van der Waals surface area contributed by atoms with Crippen LogP contribution in [0, 0.1) is 5.92 Å². The maximum atomic E-state index is 12.4. The number of unbranched alkanes of at least 4 members (excludes halogenated alkanes) is 1. The molecule has 0 unspecified atom stereocenters. The maximum absolute atomic E-state index is 12.4. The van der Waals surface area contributed by atoms with Gasteiger partial charge in [-0.1, -0.05) is 26.7 Å². The minimum absolute atomic E-state index is 0.251. The molecule has 20 heavy (non-hydrogen) atoms. The first-order chi connectivity index (χ1) is 9.34. The van der Waals surface area contributed by atoms with Crippen LogP contribution in [-0.2, 0) is 6.18 Å².